The van der Waals surface area contributed by atoms with Gasteiger partial charge in [-0.2, -0.15) is 0 Å². The molecular formula is C24H35IN4O2. The third-order valence-electron chi connectivity index (χ3n) is 5.32. The zero-order chi connectivity index (χ0) is 20.9. The molecule has 6 nitrogen and oxygen atoms in total. The quantitative estimate of drug-likeness (QED) is 0.208. The summed E-state index contributed by atoms with van der Waals surface area (Å²) in [7, 11) is 0. The number of aliphatic imine (C=N–C) groups is 1. The van der Waals surface area contributed by atoms with E-state index in [0.29, 0.717) is 18.9 Å². The molecule has 31 heavy (non-hydrogen) atoms. The largest absolute Gasteiger partial charge is 0.469 e. The van der Waals surface area contributed by atoms with Gasteiger partial charge in [0.15, 0.2) is 5.96 Å². The molecule has 2 N–H and O–H groups in total. The molecule has 7 heteroatoms. The van der Waals surface area contributed by atoms with Crippen molar-refractivity contribution in [1.29, 1.82) is 0 Å². The van der Waals surface area contributed by atoms with E-state index in [1.165, 1.54) is 5.56 Å². The number of carbonyl (C=O) groups is 1. The number of hydrogen-bond acceptors (Lipinski definition) is 3. The second-order valence-corrected chi connectivity index (χ2v) is 7.69. The number of benzene rings is 1. The van der Waals surface area contributed by atoms with Crippen molar-refractivity contribution in [3.8, 4) is 0 Å². The van der Waals surface area contributed by atoms with Crippen LogP contribution in [0.5, 0.6) is 0 Å². The van der Waals surface area contributed by atoms with Crippen molar-refractivity contribution in [1.82, 2.24) is 15.5 Å². The van der Waals surface area contributed by atoms with Gasteiger partial charge in [0.25, 0.3) is 0 Å². The molecular weight excluding hydrogens is 503 g/mol. The molecule has 0 spiro atoms. The van der Waals surface area contributed by atoms with Gasteiger partial charge in [-0.05, 0) is 43.4 Å². The third-order valence-corrected chi connectivity index (χ3v) is 5.32. The van der Waals surface area contributed by atoms with Crippen LogP contribution in [0.25, 0.3) is 0 Å². The van der Waals surface area contributed by atoms with Crippen molar-refractivity contribution in [2.24, 2.45) is 4.99 Å². The van der Waals surface area contributed by atoms with Crippen LogP contribution in [0.4, 0.5) is 0 Å². The van der Waals surface area contributed by atoms with E-state index in [1.807, 2.05) is 23.1 Å². The van der Waals surface area contributed by atoms with Gasteiger partial charge in [0, 0.05) is 45.6 Å². The van der Waals surface area contributed by atoms with Crippen molar-refractivity contribution in [3.63, 3.8) is 0 Å². The predicted molar refractivity (Wildman–Crippen MR) is 136 cm³/mol. The van der Waals surface area contributed by atoms with E-state index in [0.717, 1.165) is 76.4 Å². The summed E-state index contributed by atoms with van der Waals surface area (Å²) in [6.07, 6.45) is 8.36. The number of guanidine groups is 1. The Kier molecular flexibility index (Phi) is 12.1. The maximum Gasteiger partial charge on any atom is 0.222 e. The number of likely N-dealkylation sites (tertiary alicyclic amines) is 1. The van der Waals surface area contributed by atoms with E-state index in [-0.39, 0.29) is 24.0 Å². The Balaban J connectivity index is 0.00000341. The first-order valence-corrected chi connectivity index (χ1v) is 11.2. The van der Waals surface area contributed by atoms with E-state index in [1.54, 1.807) is 6.26 Å². The van der Waals surface area contributed by atoms with Gasteiger partial charge in [0.05, 0.1) is 6.26 Å². The van der Waals surface area contributed by atoms with E-state index < -0.39 is 0 Å². The Morgan fingerprint density at radius 1 is 1.00 bits per heavy atom. The molecule has 0 saturated carbocycles. The van der Waals surface area contributed by atoms with Crippen LogP contribution in [0.15, 0.2) is 58.1 Å². The van der Waals surface area contributed by atoms with Crippen molar-refractivity contribution in [2.45, 2.75) is 44.9 Å². The minimum Gasteiger partial charge on any atom is -0.469 e. The Hall–Kier alpha value is -2.03. The maximum absolute atomic E-state index is 12.1. The van der Waals surface area contributed by atoms with Crippen LogP contribution in [-0.4, -0.2) is 49.5 Å². The van der Waals surface area contributed by atoms with E-state index in [9.17, 15) is 4.79 Å². The Morgan fingerprint density at radius 3 is 2.58 bits per heavy atom. The number of rotatable bonds is 10. The van der Waals surface area contributed by atoms with Crippen molar-refractivity contribution in [2.75, 3.05) is 32.7 Å². The summed E-state index contributed by atoms with van der Waals surface area (Å²) >= 11 is 0. The lowest BCUT2D eigenvalue weighted by Gasteiger charge is -2.20. The fourth-order valence-electron chi connectivity index (χ4n) is 3.63. The topological polar surface area (TPSA) is 69.9 Å². The van der Waals surface area contributed by atoms with Crippen LogP contribution < -0.4 is 10.6 Å². The smallest absolute Gasteiger partial charge is 0.222 e. The highest BCUT2D eigenvalue weighted by atomic mass is 127. The minimum absolute atomic E-state index is 0. The van der Waals surface area contributed by atoms with Crippen LogP contribution in [0.3, 0.4) is 0 Å². The van der Waals surface area contributed by atoms with Gasteiger partial charge in [-0.15, -0.1) is 24.0 Å². The average molecular weight is 538 g/mol. The molecule has 3 rings (SSSR count). The monoisotopic (exact) mass is 538 g/mol. The fourth-order valence-corrected chi connectivity index (χ4v) is 3.63. The molecule has 1 aromatic carbocycles. The summed E-state index contributed by atoms with van der Waals surface area (Å²) in [5.41, 5.74) is 1.31. The standard InChI is InChI=1S/C24H34N4O2.HI/c29-23-12-5-2-6-18-28(23)19-8-15-25-24(27-17-14-22-11-7-20-30-22)26-16-13-21-9-3-1-4-10-21;/h1,3-4,7,9-11,20H,2,5-6,8,12-19H2,(H2,25,26,27);1H. The molecule has 0 unspecified atom stereocenters. The molecule has 1 aliphatic heterocycles. The second kappa shape index (κ2) is 14.9. The van der Waals surface area contributed by atoms with Gasteiger partial charge in [0.1, 0.15) is 5.76 Å². The number of halogens is 1. The molecule has 1 aliphatic rings. The average Bonchev–Trinajstić information content (AvgIpc) is 3.20. The van der Waals surface area contributed by atoms with Crippen LogP contribution in [0.1, 0.15) is 43.4 Å². The highest BCUT2D eigenvalue weighted by Gasteiger charge is 2.15. The van der Waals surface area contributed by atoms with E-state index in [4.69, 9.17) is 9.41 Å². The number of nitrogens with one attached hydrogen (secondary N) is 2. The van der Waals surface area contributed by atoms with Crippen molar-refractivity contribution in [3.05, 3.63) is 60.1 Å². The predicted octanol–water partition coefficient (Wildman–Crippen LogP) is 4.01. The van der Waals surface area contributed by atoms with Crippen molar-refractivity contribution < 1.29 is 9.21 Å². The lowest BCUT2D eigenvalue weighted by Crippen LogP contribution is -2.39. The number of nitrogens with zero attached hydrogens (tertiary/aromatic N) is 2. The van der Waals surface area contributed by atoms with Crippen LogP contribution in [-0.2, 0) is 17.6 Å². The lowest BCUT2D eigenvalue weighted by atomic mass is 10.1. The molecule has 170 valence electrons. The summed E-state index contributed by atoms with van der Waals surface area (Å²) in [6.45, 7) is 3.97. The van der Waals surface area contributed by atoms with Crippen LogP contribution in [0, 0.1) is 0 Å². The summed E-state index contributed by atoms with van der Waals surface area (Å²) in [5, 5.41) is 6.83. The van der Waals surface area contributed by atoms with Gasteiger partial charge in [0.2, 0.25) is 5.91 Å². The molecule has 2 aromatic rings. The molecule has 1 aromatic heterocycles. The van der Waals surface area contributed by atoms with Gasteiger partial charge in [-0.3, -0.25) is 9.79 Å². The summed E-state index contributed by atoms with van der Waals surface area (Å²) in [6, 6.07) is 14.3. The maximum atomic E-state index is 12.1. The normalized spacial score (nSPS) is 14.6. The Labute approximate surface area is 202 Å². The Morgan fingerprint density at radius 2 is 1.81 bits per heavy atom. The molecule has 2 heterocycles. The third kappa shape index (κ3) is 9.76. The molecule has 1 amide bonds. The summed E-state index contributed by atoms with van der Waals surface area (Å²) in [5.74, 6) is 2.08. The van der Waals surface area contributed by atoms with Gasteiger partial charge in [-0.25, -0.2) is 0 Å². The number of amides is 1. The first kappa shape index (κ1) is 25.2. The summed E-state index contributed by atoms with van der Waals surface area (Å²) < 4.78 is 5.40. The first-order valence-electron chi connectivity index (χ1n) is 11.2. The molecule has 0 aliphatic carbocycles. The second-order valence-electron chi connectivity index (χ2n) is 7.69. The molecule has 1 fully saturated rings. The fraction of sp³-hybridized carbons (Fsp3) is 0.500. The van der Waals surface area contributed by atoms with Gasteiger partial charge < -0.3 is 20.0 Å². The molecule has 1 saturated heterocycles. The SMILES string of the molecule is I.O=C1CCCCCN1CCCN=C(NCCc1ccccc1)NCCc1ccco1. The van der Waals surface area contributed by atoms with Gasteiger partial charge >= 0.3 is 0 Å². The van der Waals surface area contributed by atoms with E-state index >= 15 is 0 Å². The summed E-state index contributed by atoms with van der Waals surface area (Å²) in [4.78, 5) is 18.9. The minimum atomic E-state index is 0. The number of furan rings is 1. The zero-order valence-corrected chi connectivity index (χ0v) is 20.6. The molecule has 0 atom stereocenters. The van der Waals surface area contributed by atoms with E-state index in [2.05, 4.69) is 34.9 Å². The molecule has 0 bridgehead atoms. The highest BCUT2D eigenvalue weighted by molar-refractivity contribution is 14.0. The Bertz CT molecular complexity index is 765. The number of carbonyl (C=O) groups excluding carboxylic acids is 1. The van der Waals surface area contributed by atoms with Crippen molar-refractivity contribution >= 4 is 35.8 Å². The first-order chi connectivity index (χ1) is 14.8. The highest BCUT2D eigenvalue weighted by Crippen LogP contribution is 2.11. The van der Waals surface area contributed by atoms with Crippen LogP contribution in [0.2, 0.25) is 0 Å². The van der Waals surface area contributed by atoms with Gasteiger partial charge in [-0.1, -0.05) is 36.8 Å². The zero-order valence-electron chi connectivity index (χ0n) is 18.2. The number of hydrogen-bond donors (Lipinski definition) is 2. The van der Waals surface area contributed by atoms with Crippen LogP contribution >= 0.6 is 24.0 Å². The molecule has 0 radical (unpaired) electrons. The lowest BCUT2D eigenvalue weighted by molar-refractivity contribution is -0.130.